The number of anilines is 1. The predicted molar refractivity (Wildman–Crippen MR) is 117 cm³/mol. The standard InChI is InChI=1S/C21H25N3O.HI/c22-20(24-19-11-5-8-15-6-1-3-9-17(15)19)23-14-21(25)13-12-16-7-2-4-10-18(16)21;/h2,4-5,7-8,10-11,25H,1,3,6,9,12-14H2,(H3,22,23,24);1H. The molecule has 0 fully saturated rings. The Balaban J connectivity index is 0.00000196. The topological polar surface area (TPSA) is 70.6 Å². The zero-order valence-corrected chi connectivity index (χ0v) is 17.2. The molecule has 2 aromatic carbocycles. The molecular formula is C21H26IN3O. The number of rotatable bonds is 3. The summed E-state index contributed by atoms with van der Waals surface area (Å²) in [5, 5.41) is 14.2. The van der Waals surface area contributed by atoms with Crippen molar-refractivity contribution in [2.24, 2.45) is 10.7 Å². The minimum atomic E-state index is -0.904. The van der Waals surface area contributed by atoms with Crippen molar-refractivity contribution in [2.45, 2.75) is 44.1 Å². The number of halogens is 1. The Kier molecular flexibility index (Phi) is 5.87. The molecule has 0 saturated heterocycles. The summed E-state index contributed by atoms with van der Waals surface area (Å²) in [7, 11) is 0. The number of nitrogens with one attached hydrogen (secondary N) is 1. The van der Waals surface area contributed by atoms with Crippen LogP contribution in [0.2, 0.25) is 0 Å². The molecule has 4 N–H and O–H groups in total. The lowest BCUT2D eigenvalue weighted by Crippen LogP contribution is -2.30. The van der Waals surface area contributed by atoms with Crippen molar-refractivity contribution >= 4 is 35.6 Å². The number of aryl methyl sites for hydroxylation is 2. The Morgan fingerprint density at radius 3 is 2.69 bits per heavy atom. The van der Waals surface area contributed by atoms with E-state index in [-0.39, 0.29) is 30.5 Å². The molecule has 0 aliphatic heterocycles. The first-order chi connectivity index (χ1) is 12.2. The van der Waals surface area contributed by atoms with E-state index in [4.69, 9.17) is 5.73 Å². The molecule has 1 atom stereocenters. The zero-order valence-electron chi connectivity index (χ0n) is 14.9. The van der Waals surface area contributed by atoms with Crippen molar-refractivity contribution in [2.75, 3.05) is 11.9 Å². The molecule has 0 amide bonds. The molecule has 4 nitrogen and oxygen atoms in total. The molecule has 138 valence electrons. The first-order valence-electron chi connectivity index (χ1n) is 9.14. The predicted octanol–water partition coefficient (Wildman–Crippen LogP) is 3.74. The Bertz CT molecular complexity index is 821. The maximum Gasteiger partial charge on any atom is 0.193 e. The number of hydrogen-bond donors (Lipinski definition) is 3. The molecule has 26 heavy (non-hydrogen) atoms. The lowest BCUT2D eigenvalue weighted by atomic mass is 9.90. The van der Waals surface area contributed by atoms with Crippen LogP contribution in [-0.4, -0.2) is 17.6 Å². The molecule has 1 unspecified atom stereocenters. The first-order valence-corrected chi connectivity index (χ1v) is 9.14. The van der Waals surface area contributed by atoms with Gasteiger partial charge in [-0.1, -0.05) is 36.4 Å². The van der Waals surface area contributed by atoms with Crippen LogP contribution in [0.4, 0.5) is 5.69 Å². The van der Waals surface area contributed by atoms with Crippen LogP contribution >= 0.6 is 24.0 Å². The van der Waals surface area contributed by atoms with E-state index in [1.54, 1.807) is 0 Å². The molecule has 0 bridgehead atoms. The van der Waals surface area contributed by atoms with Gasteiger partial charge in [-0.3, -0.25) is 0 Å². The van der Waals surface area contributed by atoms with Gasteiger partial charge in [0.15, 0.2) is 5.96 Å². The fourth-order valence-corrected chi connectivity index (χ4v) is 4.12. The van der Waals surface area contributed by atoms with Gasteiger partial charge in [0.1, 0.15) is 5.60 Å². The summed E-state index contributed by atoms with van der Waals surface area (Å²) < 4.78 is 0. The minimum Gasteiger partial charge on any atom is -0.383 e. The summed E-state index contributed by atoms with van der Waals surface area (Å²) in [5.41, 5.74) is 11.2. The highest BCUT2D eigenvalue weighted by Gasteiger charge is 2.36. The molecule has 0 saturated carbocycles. The van der Waals surface area contributed by atoms with E-state index in [2.05, 4.69) is 34.6 Å². The highest BCUT2D eigenvalue weighted by Crippen LogP contribution is 2.37. The van der Waals surface area contributed by atoms with Crippen molar-refractivity contribution in [1.29, 1.82) is 0 Å². The number of aliphatic hydroxyl groups is 1. The van der Waals surface area contributed by atoms with Crippen LogP contribution in [0.5, 0.6) is 0 Å². The third-order valence-corrected chi connectivity index (χ3v) is 5.50. The van der Waals surface area contributed by atoms with Crippen molar-refractivity contribution in [3.63, 3.8) is 0 Å². The zero-order chi connectivity index (χ0) is 17.3. The van der Waals surface area contributed by atoms with Crippen LogP contribution in [0.3, 0.4) is 0 Å². The number of benzene rings is 2. The average Bonchev–Trinajstić information content (AvgIpc) is 2.98. The molecule has 0 spiro atoms. The maximum absolute atomic E-state index is 11.0. The number of aliphatic imine (C=N–C) groups is 1. The van der Waals surface area contributed by atoms with Crippen LogP contribution < -0.4 is 11.1 Å². The van der Waals surface area contributed by atoms with Gasteiger partial charge >= 0.3 is 0 Å². The molecule has 0 aromatic heterocycles. The molecule has 0 heterocycles. The highest BCUT2D eigenvalue weighted by atomic mass is 127. The van der Waals surface area contributed by atoms with Crippen molar-refractivity contribution in [3.05, 3.63) is 64.7 Å². The Labute approximate surface area is 171 Å². The van der Waals surface area contributed by atoms with Gasteiger partial charge in [-0.25, -0.2) is 4.99 Å². The maximum atomic E-state index is 11.0. The molecular weight excluding hydrogens is 437 g/mol. The number of fused-ring (bicyclic) bond motifs is 2. The van der Waals surface area contributed by atoms with Gasteiger partial charge in [0.05, 0.1) is 6.54 Å². The van der Waals surface area contributed by atoms with Gasteiger partial charge < -0.3 is 16.2 Å². The molecule has 0 radical (unpaired) electrons. The molecule has 2 aliphatic rings. The van der Waals surface area contributed by atoms with Crippen molar-refractivity contribution < 1.29 is 5.11 Å². The Hall–Kier alpha value is -1.60. The van der Waals surface area contributed by atoms with Crippen LogP contribution in [0.1, 0.15) is 41.5 Å². The third kappa shape index (κ3) is 3.74. The van der Waals surface area contributed by atoms with Crippen molar-refractivity contribution in [1.82, 2.24) is 0 Å². The SMILES string of the molecule is I.NC(=NCC1(O)CCc2ccccc21)Nc1cccc2c1CCCC2. The Morgan fingerprint density at radius 1 is 1.04 bits per heavy atom. The number of hydrogen-bond acceptors (Lipinski definition) is 2. The minimum absolute atomic E-state index is 0. The second-order valence-corrected chi connectivity index (χ2v) is 7.17. The van der Waals surface area contributed by atoms with Crippen LogP contribution in [0, 0.1) is 0 Å². The first kappa shape index (κ1) is 19.2. The van der Waals surface area contributed by atoms with Gasteiger partial charge in [0, 0.05) is 5.69 Å². The summed E-state index contributed by atoms with van der Waals surface area (Å²) in [6, 6.07) is 14.4. The van der Waals surface area contributed by atoms with Crippen LogP contribution in [0.25, 0.3) is 0 Å². The van der Waals surface area contributed by atoms with Gasteiger partial charge in [0.2, 0.25) is 0 Å². The van der Waals surface area contributed by atoms with E-state index in [1.165, 1.54) is 29.5 Å². The normalized spacial score (nSPS) is 21.5. The second-order valence-electron chi connectivity index (χ2n) is 7.17. The average molecular weight is 463 g/mol. The fraction of sp³-hybridized carbons (Fsp3) is 0.381. The van der Waals surface area contributed by atoms with Crippen LogP contribution in [0.15, 0.2) is 47.5 Å². The molecule has 2 aromatic rings. The largest absolute Gasteiger partial charge is 0.383 e. The second kappa shape index (κ2) is 7.96. The van der Waals surface area contributed by atoms with E-state index in [0.717, 1.165) is 30.5 Å². The van der Waals surface area contributed by atoms with E-state index in [0.29, 0.717) is 12.4 Å². The summed E-state index contributed by atoms with van der Waals surface area (Å²) in [4.78, 5) is 4.45. The lowest BCUT2D eigenvalue weighted by molar-refractivity contribution is 0.0487. The number of nitrogens with zero attached hydrogens (tertiary/aromatic N) is 1. The Morgan fingerprint density at radius 2 is 1.81 bits per heavy atom. The number of guanidine groups is 1. The summed E-state index contributed by atoms with van der Waals surface area (Å²) in [6.45, 7) is 0.290. The van der Waals surface area contributed by atoms with Gasteiger partial charge in [0.25, 0.3) is 0 Å². The quantitative estimate of drug-likeness (QED) is 0.369. The third-order valence-electron chi connectivity index (χ3n) is 5.50. The smallest absolute Gasteiger partial charge is 0.193 e. The van der Waals surface area contributed by atoms with E-state index in [1.807, 2.05) is 18.2 Å². The number of nitrogens with two attached hydrogens (primary N) is 1. The monoisotopic (exact) mass is 463 g/mol. The van der Waals surface area contributed by atoms with Gasteiger partial charge in [-0.05, 0) is 66.8 Å². The van der Waals surface area contributed by atoms with Crippen molar-refractivity contribution in [3.8, 4) is 0 Å². The van der Waals surface area contributed by atoms with Gasteiger partial charge in [-0.15, -0.1) is 24.0 Å². The molecule has 5 heteroatoms. The lowest BCUT2D eigenvalue weighted by Gasteiger charge is -2.23. The van der Waals surface area contributed by atoms with E-state index >= 15 is 0 Å². The molecule has 4 rings (SSSR count). The van der Waals surface area contributed by atoms with Crippen LogP contribution in [-0.2, 0) is 24.9 Å². The summed E-state index contributed by atoms with van der Waals surface area (Å²) >= 11 is 0. The summed E-state index contributed by atoms with van der Waals surface area (Å²) in [5.74, 6) is 0.372. The fourth-order valence-electron chi connectivity index (χ4n) is 4.12. The molecule has 2 aliphatic carbocycles. The summed E-state index contributed by atoms with van der Waals surface area (Å²) in [6.07, 6.45) is 6.29. The van der Waals surface area contributed by atoms with Gasteiger partial charge in [-0.2, -0.15) is 0 Å². The van der Waals surface area contributed by atoms with E-state index < -0.39 is 5.60 Å². The van der Waals surface area contributed by atoms with E-state index in [9.17, 15) is 5.11 Å². The highest BCUT2D eigenvalue weighted by molar-refractivity contribution is 14.0.